The molecular weight excluding hydrogens is 280 g/mol. The minimum atomic E-state index is -0.395. The smallest absolute Gasteiger partial charge is 0.117 e. The second-order valence-corrected chi connectivity index (χ2v) is 6.03. The number of para-hydroxylation sites is 1. The normalized spacial score (nSPS) is 13.8. The molecule has 4 nitrogen and oxygen atoms in total. The highest BCUT2D eigenvalue weighted by molar-refractivity contribution is 7.99. The molecule has 21 heavy (non-hydrogen) atoms. The van der Waals surface area contributed by atoms with Gasteiger partial charge in [-0.2, -0.15) is 5.26 Å². The molecule has 1 unspecified atom stereocenters. The Morgan fingerprint density at radius 2 is 2.14 bits per heavy atom. The van der Waals surface area contributed by atoms with Gasteiger partial charge in [0.05, 0.1) is 11.6 Å². The van der Waals surface area contributed by atoms with E-state index in [-0.39, 0.29) is 0 Å². The summed E-state index contributed by atoms with van der Waals surface area (Å²) in [6, 6.07) is 10.4. The zero-order valence-electron chi connectivity index (χ0n) is 12.5. The van der Waals surface area contributed by atoms with Crippen LogP contribution in [0, 0.1) is 11.3 Å². The van der Waals surface area contributed by atoms with Crippen LogP contribution in [0.5, 0.6) is 0 Å². The molecule has 1 N–H and O–H groups in total. The first-order valence-corrected chi connectivity index (χ1v) is 8.16. The fourth-order valence-corrected chi connectivity index (χ4v) is 3.24. The molecule has 1 aromatic carbocycles. The Bertz CT molecular complexity index is 626. The molecule has 2 aromatic rings. The summed E-state index contributed by atoms with van der Waals surface area (Å²) in [6.45, 7) is 2.05. The average Bonchev–Trinajstić information content (AvgIpc) is 2.56. The molecule has 5 heteroatoms. The third kappa shape index (κ3) is 3.72. The summed E-state index contributed by atoms with van der Waals surface area (Å²) in [5, 5.41) is 14.6. The number of hydrogen-bond acceptors (Lipinski definition) is 5. The van der Waals surface area contributed by atoms with Gasteiger partial charge >= 0.3 is 0 Å². The number of rotatable bonds is 7. The third-order valence-electron chi connectivity index (χ3n) is 3.79. The van der Waals surface area contributed by atoms with Gasteiger partial charge < -0.3 is 5.32 Å². The van der Waals surface area contributed by atoms with Crippen LogP contribution in [0.2, 0.25) is 0 Å². The van der Waals surface area contributed by atoms with Crippen LogP contribution in [0.4, 0.5) is 0 Å². The van der Waals surface area contributed by atoms with E-state index in [2.05, 4.69) is 27.4 Å². The van der Waals surface area contributed by atoms with Crippen molar-refractivity contribution in [3.05, 3.63) is 30.6 Å². The van der Waals surface area contributed by atoms with E-state index < -0.39 is 5.54 Å². The van der Waals surface area contributed by atoms with Crippen molar-refractivity contribution in [2.75, 3.05) is 12.8 Å². The molecule has 0 radical (unpaired) electrons. The van der Waals surface area contributed by atoms with Gasteiger partial charge in [-0.25, -0.2) is 9.97 Å². The van der Waals surface area contributed by atoms with Gasteiger partial charge in [0.15, 0.2) is 0 Å². The van der Waals surface area contributed by atoms with E-state index in [9.17, 15) is 5.26 Å². The zero-order chi connectivity index (χ0) is 15.1. The molecular formula is C16H20N4S. The molecule has 1 aromatic heterocycles. The van der Waals surface area contributed by atoms with Crippen LogP contribution in [-0.4, -0.2) is 28.3 Å². The average molecular weight is 300 g/mol. The Labute approximate surface area is 130 Å². The largest absolute Gasteiger partial charge is 0.302 e. The monoisotopic (exact) mass is 300 g/mol. The maximum absolute atomic E-state index is 9.29. The van der Waals surface area contributed by atoms with Gasteiger partial charge in [-0.15, -0.1) is 11.8 Å². The lowest BCUT2D eigenvalue weighted by molar-refractivity contribution is 0.400. The number of nitriles is 1. The zero-order valence-corrected chi connectivity index (χ0v) is 13.3. The van der Waals surface area contributed by atoms with E-state index in [1.807, 2.05) is 32.2 Å². The Morgan fingerprint density at radius 1 is 1.33 bits per heavy atom. The molecule has 0 amide bonds. The second kappa shape index (κ2) is 7.39. The van der Waals surface area contributed by atoms with Gasteiger partial charge in [0.1, 0.15) is 16.9 Å². The van der Waals surface area contributed by atoms with E-state index >= 15 is 0 Å². The highest BCUT2D eigenvalue weighted by Crippen LogP contribution is 2.26. The van der Waals surface area contributed by atoms with E-state index in [1.54, 1.807) is 18.1 Å². The maximum Gasteiger partial charge on any atom is 0.117 e. The van der Waals surface area contributed by atoms with Crippen LogP contribution < -0.4 is 5.32 Å². The summed E-state index contributed by atoms with van der Waals surface area (Å²) in [5.41, 5.74) is 0.582. The first kappa shape index (κ1) is 15.7. The molecule has 0 saturated carbocycles. The van der Waals surface area contributed by atoms with E-state index in [0.717, 1.165) is 40.9 Å². The lowest BCUT2D eigenvalue weighted by Crippen LogP contribution is -2.40. The van der Waals surface area contributed by atoms with Gasteiger partial charge in [0.2, 0.25) is 0 Å². The Kier molecular flexibility index (Phi) is 5.54. The molecule has 0 spiro atoms. The van der Waals surface area contributed by atoms with E-state index in [0.29, 0.717) is 0 Å². The number of nitrogens with zero attached hydrogens (tertiary/aromatic N) is 3. The Balaban J connectivity index is 1.96. The second-order valence-electron chi connectivity index (χ2n) is 4.95. The van der Waals surface area contributed by atoms with Crippen molar-refractivity contribution in [2.45, 2.75) is 36.8 Å². The summed E-state index contributed by atoms with van der Waals surface area (Å²) in [4.78, 5) is 8.64. The molecule has 110 valence electrons. The highest BCUT2D eigenvalue weighted by atomic mass is 32.2. The van der Waals surface area contributed by atoms with Crippen LogP contribution >= 0.6 is 11.8 Å². The van der Waals surface area contributed by atoms with Gasteiger partial charge in [0.25, 0.3) is 0 Å². The molecule has 1 heterocycles. The summed E-state index contributed by atoms with van der Waals surface area (Å²) < 4.78 is 0. The van der Waals surface area contributed by atoms with Gasteiger partial charge in [0, 0.05) is 5.39 Å². The van der Waals surface area contributed by atoms with E-state index in [1.165, 1.54) is 0 Å². The van der Waals surface area contributed by atoms with Crippen molar-refractivity contribution < 1.29 is 0 Å². The first-order chi connectivity index (χ1) is 10.2. The number of benzene rings is 1. The molecule has 1 atom stereocenters. The van der Waals surface area contributed by atoms with Crippen molar-refractivity contribution in [3.8, 4) is 6.07 Å². The fraction of sp³-hybridized carbons (Fsp3) is 0.438. The minimum Gasteiger partial charge on any atom is -0.302 e. The molecule has 0 aliphatic carbocycles. The topological polar surface area (TPSA) is 61.6 Å². The Hall–Kier alpha value is -1.64. The summed E-state index contributed by atoms with van der Waals surface area (Å²) >= 11 is 1.73. The number of aromatic nitrogens is 2. The summed E-state index contributed by atoms with van der Waals surface area (Å²) in [7, 11) is 1.86. The van der Waals surface area contributed by atoms with Gasteiger partial charge in [-0.05, 0) is 38.1 Å². The molecule has 0 saturated heterocycles. The van der Waals surface area contributed by atoms with Gasteiger partial charge in [-0.1, -0.05) is 25.1 Å². The van der Waals surface area contributed by atoms with Crippen molar-refractivity contribution in [1.29, 1.82) is 5.26 Å². The summed E-state index contributed by atoms with van der Waals surface area (Å²) in [5.74, 6) is 0.951. The molecule has 0 aliphatic heterocycles. The first-order valence-electron chi connectivity index (χ1n) is 7.17. The Morgan fingerprint density at radius 3 is 2.86 bits per heavy atom. The fourth-order valence-electron chi connectivity index (χ4n) is 2.31. The number of fused-ring (bicyclic) bond motifs is 1. The predicted molar refractivity (Wildman–Crippen MR) is 87.2 cm³/mol. The van der Waals surface area contributed by atoms with Crippen molar-refractivity contribution in [1.82, 2.24) is 15.3 Å². The summed E-state index contributed by atoms with van der Waals surface area (Å²) in [6.07, 6.45) is 4.27. The molecule has 0 bridgehead atoms. The van der Waals surface area contributed by atoms with Crippen molar-refractivity contribution in [3.63, 3.8) is 0 Å². The quantitative estimate of drug-likeness (QED) is 0.482. The molecule has 2 rings (SSSR count). The van der Waals surface area contributed by atoms with Crippen LogP contribution in [0.25, 0.3) is 10.9 Å². The van der Waals surface area contributed by atoms with Crippen LogP contribution in [-0.2, 0) is 0 Å². The SMILES string of the molecule is CCC(C#N)(CCCSc1ncnc2ccccc12)NC. The van der Waals surface area contributed by atoms with E-state index in [4.69, 9.17) is 0 Å². The highest BCUT2D eigenvalue weighted by Gasteiger charge is 2.24. The van der Waals surface area contributed by atoms with Gasteiger partial charge in [-0.3, -0.25) is 0 Å². The number of thioether (sulfide) groups is 1. The van der Waals surface area contributed by atoms with Crippen LogP contribution in [0.3, 0.4) is 0 Å². The number of nitrogens with one attached hydrogen (secondary N) is 1. The minimum absolute atomic E-state index is 0.395. The number of hydrogen-bond donors (Lipinski definition) is 1. The lowest BCUT2D eigenvalue weighted by Gasteiger charge is -2.24. The third-order valence-corrected chi connectivity index (χ3v) is 4.88. The molecule has 0 aliphatic rings. The maximum atomic E-state index is 9.29. The standard InChI is InChI=1S/C16H20N4S/c1-3-16(11-17,18-2)9-6-10-21-15-13-7-4-5-8-14(13)19-12-20-15/h4-5,7-8,12,18H,3,6,9-10H2,1-2H3. The van der Waals surface area contributed by atoms with Crippen LogP contribution in [0.15, 0.2) is 35.6 Å². The van der Waals surface area contributed by atoms with Crippen molar-refractivity contribution in [2.24, 2.45) is 0 Å². The predicted octanol–water partition coefficient (Wildman–Crippen LogP) is 3.39. The van der Waals surface area contributed by atoms with Crippen molar-refractivity contribution >= 4 is 22.7 Å². The van der Waals surface area contributed by atoms with Crippen LogP contribution in [0.1, 0.15) is 26.2 Å². The molecule has 0 fully saturated rings. The lowest BCUT2D eigenvalue weighted by atomic mass is 9.93.